The number of hydrogen-bond donors (Lipinski definition) is 1. The van der Waals surface area contributed by atoms with Crippen molar-refractivity contribution in [3.63, 3.8) is 0 Å². The van der Waals surface area contributed by atoms with Crippen molar-refractivity contribution in [2.45, 2.75) is 25.8 Å². The smallest absolute Gasteiger partial charge is 0.271 e. The van der Waals surface area contributed by atoms with E-state index in [1.165, 1.54) is 26.2 Å². The number of nitro benzene ring substituents is 1. The molecule has 1 aliphatic heterocycles. The number of nitrogens with zero attached hydrogens (tertiary/aromatic N) is 2. The molecule has 0 aromatic heterocycles. The van der Waals surface area contributed by atoms with Crippen molar-refractivity contribution in [1.82, 2.24) is 4.90 Å². The molecule has 1 N–H and O–H groups in total. The molecule has 1 fully saturated rings. The number of carbonyl (C=O) groups excluding carboxylic acids is 3. The molecular formula is C18H18ClN3O6. The number of non-ortho nitro benzene ring substituents is 1. The Hall–Kier alpha value is -2.94. The molecule has 10 heteroatoms. The molecule has 0 bridgehead atoms. The number of halogens is 1. The van der Waals surface area contributed by atoms with Crippen LogP contribution in [0.15, 0.2) is 29.3 Å². The molecule has 28 heavy (non-hydrogen) atoms. The first-order valence-electron chi connectivity index (χ1n) is 8.59. The minimum Gasteiger partial charge on any atom is -0.495 e. The maximum atomic E-state index is 12.7. The van der Waals surface area contributed by atoms with Crippen LogP contribution in [0.1, 0.15) is 19.8 Å². The Morgan fingerprint density at radius 1 is 1.36 bits per heavy atom. The molecule has 1 saturated heterocycles. The lowest BCUT2D eigenvalue weighted by atomic mass is 9.85. The van der Waals surface area contributed by atoms with Gasteiger partial charge < -0.3 is 10.1 Å². The molecule has 3 rings (SSSR count). The highest BCUT2D eigenvalue weighted by atomic mass is 35.5. The average Bonchev–Trinajstić information content (AvgIpc) is 2.90. The number of rotatable bonds is 5. The lowest BCUT2D eigenvalue weighted by Gasteiger charge is -2.22. The zero-order valence-corrected chi connectivity index (χ0v) is 15.9. The SMILES string of the molecule is COc1ccc([N+](=O)[O-])cc1NC(=O)C(C)N1C(=O)C2CC=C(Cl)CC2C1=O. The number of hydrogen-bond acceptors (Lipinski definition) is 6. The maximum absolute atomic E-state index is 12.7. The maximum Gasteiger partial charge on any atom is 0.271 e. The fourth-order valence-electron chi connectivity index (χ4n) is 3.50. The zero-order chi connectivity index (χ0) is 20.6. The summed E-state index contributed by atoms with van der Waals surface area (Å²) >= 11 is 6.00. The molecule has 1 aromatic carbocycles. The van der Waals surface area contributed by atoms with Crippen molar-refractivity contribution >= 4 is 40.7 Å². The van der Waals surface area contributed by atoms with E-state index >= 15 is 0 Å². The van der Waals surface area contributed by atoms with Crippen molar-refractivity contribution in [3.05, 3.63) is 39.4 Å². The molecule has 9 nitrogen and oxygen atoms in total. The number of anilines is 1. The Morgan fingerprint density at radius 3 is 2.68 bits per heavy atom. The number of carbonyl (C=O) groups is 3. The van der Waals surface area contributed by atoms with Gasteiger partial charge in [-0.3, -0.25) is 29.4 Å². The number of benzene rings is 1. The van der Waals surface area contributed by atoms with Gasteiger partial charge in [0.1, 0.15) is 11.8 Å². The largest absolute Gasteiger partial charge is 0.495 e. The van der Waals surface area contributed by atoms with E-state index in [1.54, 1.807) is 6.08 Å². The van der Waals surface area contributed by atoms with Crippen molar-refractivity contribution in [2.75, 3.05) is 12.4 Å². The molecule has 0 spiro atoms. The third-order valence-electron chi connectivity index (χ3n) is 5.02. The van der Waals surface area contributed by atoms with E-state index < -0.39 is 40.5 Å². The number of fused-ring (bicyclic) bond motifs is 1. The average molecular weight is 408 g/mol. The van der Waals surface area contributed by atoms with Crippen LogP contribution in [0.25, 0.3) is 0 Å². The van der Waals surface area contributed by atoms with E-state index in [2.05, 4.69) is 5.32 Å². The number of nitro groups is 1. The van der Waals surface area contributed by atoms with Crippen molar-refractivity contribution < 1.29 is 24.0 Å². The molecule has 1 heterocycles. The number of likely N-dealkylation sites (tertiary alicyclic amines) is 1. The predicted octanol–water partition coefficient (Wildman–Crippen LogP) is 2.45. The number of ether oxygens (including phenoxy) is 1. The summed E-state index contributed by atoms with van der Waals surface area (Å²) < 4.78 is 5.11. The summed E-state index contributed by atoms with van der Waals surface area (Å²) in [6, 6.07) is 2.66. The van der Waals surface area contributed by atoms with Gasteiger partial charge in [-0.05, 0) is 25.8 Å². The topological polar surface area (TPSA) is 119 Å². The fraction of sp³-hybridized carbons (Fsp3) is 0.389. The summed E-state index contributed by atoms with van der Waals surface area (Å²) in [5.41, 5.74) is -0.154. The second-order valence-corrected chi connectivity index (χ2v) is 7.14. The van der Waals surface area contributed by atoms with Gasteiger partial charge in [0.25, 0.3) is 5.69 Å². The minimum absolute atomic E-state index is 0.0785. The van der Waals surface area contributed by atoms with E-state index in [1.807, 2.05) is 0 Å². The second-order valence-electron chi connectivity index (χ2n) is 6.66. The number of methoxy groups -OCH3 is 1. The summed E-state index contributed by atoms with van der Waals surface area (Å²) in [6.45, 7) is 1.43. The van der Waals surface area contributed by atoms with E-state index in [0.29, 0.717) is 11.5 Å². The fourth-order valence-corrected chi connectivity index (χ4v) is 3.75. The number of nitrogens with one attached hydrogen (secondary N) is 1. The van der Waals surface area contributed by atoms with Gasteiger partial charge in [-0.2, -0.15) is 0 Å². The number of allylic oxidation sites excluding steroid dienone is 2. The molecule has 1 aliphatic carbocycles. The molecule has 0 radical (unpaired) electrons. The van der Waals surface area contributed by atoms with Crippen molar-refractivity contribution in [3.8, 4) is 5.75 Å². The van der Waals surface area contributed by atoms with Gasteiger partial charge >= 0.3 is 0 Å². The first-order valence-corrected chi connectivity index (χ1v) is 8.97. The van der Waals surface area contributed by atoms with Crippen LogP contribution in [-0.2, 0) is 14.4 Å². The van der Waals surface area contributed by atoms with Gasteiger partial charge in [-0.15, -0.1) is 0 Å². The Kier molecular flexibility index (Phi) is 5.37. The lowest BCUT2D eigenvalue weighted by molar-refractivity contribution is -0.384. The standard InChI is InChI=1S/C18H18ClN3O6/c1-9(21-17(24)12-5-3-10(19)7-13(12)18(21)25)16(23)20-14-8-11(22(26)27)4-6-15(14)28-2/h3-4,6,8-9,12-13H,5,7H2,1-2H3,(H,20,23). The van der Waals surface area contributed by atoms with Crippen LogP contribution in [0.5, 0.6) is 5.75 Å². The molecule has 1 aromatic rings. The molecule has 148 valence electrons. The summed E-state index contributed by atoms with van der Waals surface area (Å²) in [6.07, 6.45) is 2.36. The lowest BCUT2D eigenvalue weighted by Crippen LogP contribution is -2.46. The quantitative estimate of drug-likeness (QED) is 0.455. The van der Waals surface area contributed by atoms with Gasteiger partial charge in [0.05, 0.1) is 29.6 Å². The molecule has 2 aliphatic rings. The Labute approximate surface area is 165 Å². The van der Waals surface area contributed by atoms with Gasteiger partial charge in [0.2, 0.25) is 17.7 Å². The van der Waals surface area contributed by atoms with Crippen LogP contribution in [0.3, 0.4) is 0 Å². The first-order chi connectivity index (χ1) is 13.2. The number of amides is 3. The van der Waals surface area contributed by atoms with Crippen LogP contribution >= 0.6 is 11.6 Å². The third kappa shape index (κ3) is 3.45. The van der Waals surface area contributed by atoms with E-state index in [9.17, 15) is 24.5 Å². The Bertz CT molecular complexity index is 899. The molecule has 3 unspecified atom stereocenters. The summed E-state index contributed by atoms with van der Waals surface area (Å²) in [5, 5.41) is 14.0. The van der Waals surface area contributed by atoms with Crippen molar-refractivity contribution in [2.24, 2.45) is 11.8 Å². The zero-order valence-electron chi connectivity index (χ0n) is 15.2. The summed E-state index contributed by atoms with van der Waals surface area (Å²) in [4.78, 5) is 49.4. The highest BCUT2D eigenvalue weighted by Crippen LogP contribution is 2.40. The van der Waals surface area contributed by atoms with Gasteiger partial charge in [0.15, 0.2) is 0 Å². The predicted molar refractivity (Wildman–Crippen MR) is 99.7 cm³/mol. The van der Waals surface area contributed by atoms with Crippen LogP contribution in [0, 0.1) is 22.0 Å². The molecule has 0 saturated carbocycles. The monoisotopic (exact) mass is 407 g/mol. The Morgan fingerprint density at radius 2 is 2.04 bits per heavy atom. The van der Waals surface area contributed by atoms with Crippen LogP contribution in [-0.4, -0.2) is 40.7 Å². The first kappa shape index (κ1) is 19.8. The van der Waals surface area contributed by atoms with E-state index in [0.717, 1.165) is 11.0 Å². The minimum atomic E-state index is -1.09. The normalized spacial score (nSPS) is 22.4. The highest BCUT2D eigenvalue weighted by molar-refractivity contribution is 6.30. The van der Waals surface area contributed by atoms with E-state index in [-0.39, 0.29) is 23.5 Å². The van der Waals surface area contributed by atoms with Gasteiger partial charge in [-0.25, -0.2) is 0 Å². The van der Waals surface area contributed by atoms with Crippen LogP contribution in [0.2, 0.25) is 0 Å². The van der Waals surface area contributed by atoms with Crippen molar-refractivity contribution in [1.29, 1.82) is 0 Å². The second kappa shape index (κ2) is 7.59. The molecule has 3 atom stereocenters. The highest BCUT2D eigenvalue weighted by Gasteiger charge is 2.51. The molecule has 3 amide bonds. The third-order valence-corrected chi connectivity index (χ3v) is 5.33. The summed E-state index contributed by atoms with van der Waals surface area (Å²) in [7, 11) is 1.36. The molecular weight excluding hydrogens is 390 g/mol. The van der Waals surface area contributed by atoms with Crippen LogP contribution < -0.4 is 10.1 Å². The van der Waals surface area contributed by atoms with Gasteiger partial charge in [0, 0.05) is 17.2 Å². The van der Waals surface area contributed by atoms with Crippen LogP contribution in [0.4, 0.5) is 11.4 Å². The van der Waals surface area contributed by atoms with E-state index in [4.69, 9.17) is 16.3 Å². The van der Waals surface area contributed by atoms with Gasteiger partial charge in [-0.1, -0.05) is 17.7 Å². The Balaban J connectivity index is 1.80. The summed E-state index contributed by atoms with van der Waals surface area (Å²) in [5.74, 6) is -2.36. The number of imide groups is 1.